The van der Waals surface area contributed by atoms with Crippen LogP contribution in [-0.4, -0.2) is 15.5 Å². The van der Waals surface area contributed by atoms with E-state index in [1.807, 2.05) is 30.3 Å². The maximum absolute atomic E-state index is 13.8. The van der Waals surface area contributed by atoms with Gasteiger partial charge in [0.05, 0.1) is 16.9 Å². The first kappa shape index (κ1) is 19.7. The van der Waals surface area contributed by atoms with Crippen LogP contribution in [0.5, 0.6) is 0 Å². The second-order valence-electron chi connectivity index (χ2n) is 6.53. The molecule has 5 nitrogen and oxygen atoms in total. The minimum Gasteiger partial charge on any atom is -0.322 e. The predicted molar refractivity (Wildman–Crippen MR) is 111 cm³/mol. The summed E-state index contributed by atoms with van der Waals surface area (Å²) in [4.78, 5) is 29.3. The molecule has 1 aromatic heterocycles. The molecule has 4 aromatic rings. The maximum Gasteiger partial charge on any atom is 0.349 e. The van der Waals surface area contributed by atoms with E-state index in [1.54, 1.807) is 18.2 Å². The summed E-state index contributed by atoms with van der Waals surface area (Å²) in [7, 11) is 0. The summed E-state index contributed by atoms with van der Waals surface area (Å²) in [6.07, 6.45) is 0. The number of anilines is 1. The number of hydrogen-bond donors (Lipinski definition) is 1. The van der Waals surface area contributed by atoms with Crippen molar-refractivity contribution in [3.8, 4) is 11.3 Å². The van der Waals surface area contributed by atoms with Crippen LogP contribution in [0.2, 0.25) is 5.02 Å². The molecule has 30 heavy (non-hydrogen) atoms. The van der Waals surface area contributed by atoms with Gasteiger partial charge in [0.2, 0.25) is 5.91 Å². The molecule has 0 aliphatic rings. The third-order valence-electron chi connectivity index (χ3n) is 4.49. The molecular weight excluding hydrogens is 412 g/mol. The largest absolute Gasteiger partial charge is 0.349 e. The summed E-state index contributed by atoms with van der Waals surface area (Å²) in [6, 6.07) is 16.7. The molecule has 1 heterocycles. The lowest BCUT2D eigenvalue weighted by atomic mass is 10.1. The van der Waals surface area contributed by atoms with Crippen LogP contribution in [0.1, 0.15) is 0 Å². The Kier molecular flexibility index (Phi) is 5.29. The highest BCUT2D eigenvalue weighted by molar-refractivity contribution is 6.31. The number of nitrogens with one attached hydrogen (secondary N) is 1. The highest BCUT2D eigenvalue weighted by Crippen LogP contribution is 2.27. The predicted octanol–water partition coefficient (Wildman–Crippen LogP) is 4.63. The summed E-state index contributed by atoms with van der Waals surface area (Å²) >= 11 is 6.14. The van der Waals surface area contributed by atoms with Crippen molar-refractivity contribution in [3.63, 3.8) is 0 Å². The number of rotatable bonds is 4. The lowest BCUT2D eigenvalue weighted by molar-refractivity contribution is -0.116. The molecule has 0 saturated carbocycles. The van der Waals surface area contributed by atoms with E-state index >= 15 is 0 Å². The van der Waals surface area contributed by atoms with E-state index in [1.165, 1.54) is 0 Å². The Morgan fingerprint density at radius 2 is 1.80 bits per heavy atom. The summed E-state index contributed by atoms with van der Waals surface area (Å²) < 4.78 is 28.3. The zero-order valence-electron chi connectivity index (χ0n) is 15.4. The minimum atomic E-state index is -0.786. The van der Waals surface area contributed by atoms with Crippen LogP contribution in [0.3, 0.4) is 0 Å². The summed E-state index contributed by atoms with van der Waals surface area (Å²) in [6.45, 7) is -0.436. The quantitative estimate of drug-likeness (QED) is 0.518. The molecule has 8 heteroatoms. The van der Waals surface area contributed by atoms with Crippen molar-refractivity contribution >= 4 is 34.1 Å². The number of carbonyl (C=O) groups excluding carboxylic acids is 1. The highest BCUT2D eigenvalue weighted by Gasteiger charge is 2.16. The fourth-order valence-electron chi connectivity index (χ4n) is 3.15. The zero-order valence-corrected chi connectivity index (χ0v) is 16.2. The summed E-state index contributed by atoms with van der Waals surface area (Å²) in [5.74, 6) is -2.18. The lowest BCUT2D eigenvalue weighted by Crippen LogP contribution is -2.30. The average Bonchev–Trinajstić information content (AvgIpc) is 2.73. The molecule has 4 rings (SSSR count). The van der Waals surface area contributed by atoms with E-state index in [2.05, 4.69) is 10.3 Å². The van der Waals surface area contributed by atoms with Gasteiger partial charge in [-0.3, -0.25) is 9.36 Å². The summed E-state index contributed by atoms with van der Waals surface area (Å²) in [5, 5.41) is 3.31. The van der Waals surface area contributed by atoms with Gasteiger partial charge in [0.25, 0.3) is 0 Å². The van der Waals surface area contributed by atoms with Crippen LogP contribution in [0, 0.1) is 11.6 Å². The number of fused-ring (bicyclic) bond motifs is 1. The molecule has 1 amide bonds. The van der Waals surface area contributed by atoms with Crippen molar-refractivity contribution in [2.75, 3.05) is 5.32 Å². The Morgan fingerprint density at radius 1 is 1.03 bits per heavy atom. The first-order valence-electron chi connectivity index (χ1n) is 8.93. The van der Waals surface area contributed by atoms with Gasteiger partial charge in [-0.25, -0.2) is 13.6 Å². The molecule has 150 valence electrons. The third-order valence-corrected chi connectivity index (χ3v) is 4.73. The number of amides is 1. The smallest absolute Gasteiger partial charge is 0.322 e. The van der Waals surface area contributed by atoms with Crippen LogP contribution in [-0.2, 0) is 11.3 Å². The molecule has 0 aliphatic carbocycles. The number of benzene rings is 3. The average molecular weight is 426 g/mol. The van der Waals surface area contributed by atoms with E-state index in [9.17, 15) is 18.4 Å². The van der Waals surface area contributed by atoms with Crippen molar-refractivity contribution in [1.82, 2.24) is 9.55 Å². The first-order chi connectivity index (χ1) is 14.4. The standard InChI is InChI=1S/C22H14ClF2N3O2/c23-14-6-9-19-16(10-14)21(13-4-2-1-3-5-13)27-22(30)28(19)12-20(29)26-18-11-15(24)7-8-17(18)25/h1-11H,12H2,(H,26,29). The molecule has 0 atom stereocenters. The maximum atomic E-state index is 13.8. The Balaban J connectivity index is 1.76. The molecule has 0 aliphatic heterocycles. The Bertz CT molecular complexity index is 1320. The van der Waals surface area contributed by atoms with Crippen molar-refractivity contribution in [1.29, 1.82) is 0 Å². The minimum absolute atomic E-state index is 0.311. The topological polar surface area (TPSA) is 64.0 Å². The molecule has 0 bridgehead atoms. The summed E-state index contributed by atoms with van der Waals surface area (Å²) in [5.41, 5.74) is 0.632. The SMILES string of the molecule is O=C(Cn1c(=O)nc(-c2ccccc2)c2cc(Cl)ccc21)Nc1cc(F)ccc1F. The van der Waals surface area contributed by atoms with Gasteiger partial charge >= 0.3 is 5.69 Å². The molecular formula is C22H14ClF2N3O2. The fourth-order valence-corrected chi connectivity index (χ4v) is 3.32. The first-order valence-corrected chi connectivity index (χ1v) is 9.30. The van der Waals surface area contributed by atoms with Crippen LogP contribution in [0.15, 0.2) is 71.5 Å². The fraction of sp³-hybridized carbons (Fsp3) is 0.0455. The van der Waals surface area contributed by atoms with Crippen molar-refractivity contribution in [2.45, 2.75) is 6.54 Å². The number of hydrogen-bond acceptors (Lipinski definition) is 3. The van der Waals surface area contributed by atoms with Crippen molar-refractivity contribution < 1.29 is 13.6 Å². The van der Waals surface area contributed by atoms with Gasteiger partial charge in [0.1, 0.15) is 18.2 Å². The Hall–Kier alpha value is -3.58. The van der Waals surface area contributed by atoms with Gasteiger partial charge in [-0.2, -0.15) is 4.98 Å². The van der Waals surface area contributed by atoms with E-state index in [0.717, 1.165) is 28.3 Å². The zero-order chi connectivity index (χ0) is 21.3. The van der Waals surface area contributed by atoms with E-state index in [4.69, 9.17) is 11.6 Å². The lowest BCUT2D eigenvalue weighted by Gasteiger charge is -2.13. The Labute approximate surface area is 174 Å². The van der Waals surface area contributed by atoms with Crippen LogP contribution >= 0.6 is 11.6 Å². The number of halogens is 3. The van der Waals surface area contributed by atoms with Gasteiger partial charge in [0, 0.05) is 22.0 Å². The number of nitrogens with zero attached hydrogens (tertiary/aromatic N) is 2. The van der Waals surface area contributed by atoms with Gasteiger partial charge in [-0.1, -0.05) is 41.9 Å². The van der Waals surface area contributed by atoms with E-state index in [0.29, 0.717) is 21.6 Å². The number of carbonyl (C=O) groups is 1. The van der Waals surface area contributed by atoms with Crippen LogP contribution in [0.4, 0.5) is 14.5 Å². The van der Waals surface area contributed by atoms with Crippen molar-refractivity contribution in [2.24, 2.45) is 0 Å². The van der Waals surface area contributed by atoms with Gasteiger partial charge in [-0.05, 0) is 30.3 Å². The molecule has 3 aromatic carbocycles. The second kappa shape index (κ2) is 8.04. The molecule has 0 radical (unpaired) electrons. The molecule has 0 unspecified atom stereocenters. The highest BCUT2D eigenvalue weighted by atomic mass is 35.5. The molecule has 1 N–H and O–H groups in total. The van der Waals surface area contributed by atoms with Crippen LogP contribution < -0.4 is 11.0 Å². The van der Waals surface area contributed by atoms with Crippen molar-refractivity contribution in [3.05, 3.63) is 93.9 Å². The molecule has 0 fully saturated rings. The molecule has 0 saturated heterocycles. The van der Waals surface area contributed by atoms with E-state index < -0.39 is 29.8 Å². The van der Waals surface area contributed by atoms with Gasteiger partial charge in [-0.15, -0.1) is 0 Å². The Morgan fingerprint density at radius 3 is 2.57 bits per heavy atom. The second-order valence-corrected chi connectivity index (χ2v) is 6.97. The normalized spacial score (nSPS) is 10.9. The van der Waals surface area contributed by atoms with Gasteiger partial charge < -0.3 is 5.32 Å². The molecule has 0 spiro atoms. The van der Waals surface area contributed by atoms with Gasteiger partial charge in [0.15, 0.2) is 0 Å². The van der Waals surface area contributed by atoms with Crippen LogP contribution in [0.25, 0.3) is 22.2 Å². The van der Waals surface area contributed by atoms with E-state index in [-0.39, 0.29) is 5.69 Å². The third kappa shape index (κ3) is 3.92. The monoisotopic (exact) mass is 425 g/mol. The number of aromatic nitrogens is 2.